The number of esters is 1. The summed E-state index contributed by atoms with van der Waals surface area (Å²) in [6.45, 7) is 0. The van der Waals surface area contributed by atoms with E-state index in [2.05, 4.69) is 15.5 Å². The van der Waals surface area contributed by atoms with Gasteiger partial charge in [0.25, 0.3) is 0 Å². The summed E-state index contributed by atoms with van der Waals surface area (Å²) < 4.78 is 12.4. The Morgan fingerprint density at radius 2 is 1.45 bits per heavy atom. The normalized spacial score (nSPS) is 11.3. The van der Waals surface area contributed by atoms with E-state index >= 15 is 0 Å². The van der Waals surface area contributed by atoms with Crippen molar-refractivity contribution in [2.24, 2.45) is 0 Å². The summed E-state index contributed by atoms with van der Waals surface area (Å²) in [5.41, 5.74) is 2.97. The summed E-state index contributed by atoms with van der Waals surface area (Å²) in [5, 5.41) is 11.9. The highest BCUT2D eigenvalue weighted by molar-refractivity contribution is 6.16. The van der Waals surface area contributed by atoms with Crippen molar-refractivity contribution < 1.29 is 13.9 Å². The highest BCUT2D eigenvalue weighted by Crippen LogP contribution is 2.25. The van der Waals surface area contributed by atoms with E-state index < -0.39 is 5.97 Å². The maximum absolute atomic E-state index is 13.2. The highest BCUT2D eigenvalue weighted by atomic mass is 16.5. The molecule has 5 rings (SSSR count). The van der Waals surface area contributed by atoms with Gasteiger partial charge in [-0.3, -0.25) is 0 Å². The third-order valence-electron chi connectivity index (χ3n) is 4.93. The molecule has 2 heterocycles. The molecular weight excluding hydrogens is 416 g/mol. The molecule has 0 aliphatic carbocycles. The molecule has 0 amide bonds. The van der Waals surface area contributed by atoms with Crippen LogP contribution in [0.2, 0.25) is 0 Å². The monoisotopic (exact) mass is 434 g/mol. The molecular formula is C26H18N4O3. The van der Waals surface area contributed by atoms with E-state index in [-0.39, 0.29) is 5.70 Å². The minimum absolute atomic E-state index is 0.112. The lowest BCUT2D eigenvalue weighted by molar-refractivity contribution is -0.128. The van der Waals surface area contributed by atoms with Crippen molar-refractivity contribution in [2.45, 2.75) is 0 Å². The molecule has 0 fully saturated rings. The molecule has 0 aliphatic heterocycles. The van der Waals surface area contributed by atoms with Crippen molar-refractivity contribution in [3.05, 3.63) is 109 Å². The number of carbonyl (C=O) groups is 1. The maximum atomic E-state index is 13.2. The Morgan fingerprint density at radius 1 is 0.788 bits per heavy atom. The lowest BCUT2D eigenvalue weighted by atomic mass is 10.1. The summed E-state index contributed by atoms with van der Waals surface area (Å²) in [4.78, 5) is 13.2. The molecule has 0 spiro atoms. The standard InChI is InChI=1S/C26H18N4O3/c31-26(33-22-15-13-20(14-16-22)19-8-3-1-4-9-19)24(18-23-12-7-17-32-23)30-25(27-28-29-30)21-10-5-2-6-11-21/h1-18H/b24-18-. The summed E-state index contributed by atoms with van der Waals surface area (Å²) >= 11 is 0. The van der Waals surface area contributed by atoms with Crippen LogP contribution in [-0.4, -0.2) is 26.2 Å². The summed E-state index contributed by atoms with van der Waals surface area (Å²) in [5.74, 6) is 0.656. The van der Waals surface area contributed by atoms with Crippen molar-refractivity contribution in [2.75, 3.05) is 0 Å². The molecule has 0 atom stereocenters. The van der Waals surface area contributed by atoms with Crippen LogP contribution in [0.4, 0.5) is 0 Å². The molecule has 7 nitrogen and oxygen atoms in total. The van der Waals surface area contributed by atoms with Crippen molar-refractivity contribution >= 4 is 17.7 Å². The van der Waals surface area contributed by atoms with Crippen molar-refractivity contribution in [3.63, 3.8) is 0 Å². The molecule has 2 aromatic heterocycles. The number of aromatic nitrogens is 4. The maximum Gasteiger partial charge on any atom is 0.362 e. The summed E-state index contributed by atoms with van der Waals surface area (Å²) in [6, 6.07) is 30.1. The SMILES string of the molecule is O=C(Oc1ccc(-c2ccccc2)cc1)/C(=C/c1ccco1)n1nnnc1-c1ccccc1. The van der Waals surface area contributed by atoms with Crippen LogP contribution in [-0.2, 0) is 4.79 Å². The van der Waals surface area contributed by atoms with Crippen LogP contribution in [0.15, 0.2) is 108 Å². The number of benzene rings is 3. The number of tetrazole rings is 1. The van der Waals surface area contributed by atoms with Crippen LogP contribution >= 0.6 is 0 Å². The Hall–Kier alpha value is -4.78. The second kappa shape index (κ2) is 9.15. The van der Waals surface area contributed by atoms with E-state index in [4.69, 9.17) is 9.15 Å². The molecule has 5 aromatic rings. The zero-order chi connectivity index (χ0) is 22.5. The van der Waals surface area contributed by atoms with Gasteiger partial charge in [-0.1, -0.05) is 72.8 Å². The Labute approximate surface area is 189 Å². The molecule has 7 heteroatoms. The van der Waals surface area contributed by atoms with Crippen LogP contribution in [0.25, 0.3) is 34.3 Å². The molecule has 160 valence electrons. The fraction of sp³-hybridized carbons (Fsp3) is 0. The third kappa shape index (κ3) is 4.47. The van der Waals surface area contributed by atoms with Crippen LogP contribution in [0.3, 0.4) is 0 Å². The van der Waals surface area contributed by atoms with Gasteiger partial charge in [0, 0.05) is 11.6 Å². The van der Waals surface area contributed by atoms with Crippen molar-refractivity contribution in [3.8, 4) is 28.3 Å². The third-order valence-corrected chi connectivity index (χ3v) is 4.93. The smallest absolute Gasteiger partial charge is 0.362 e. The largest absolute Gasteiger partial charge is 0.465 e. The number of hydrogen-bond acceptors (Lipinski definition) is 6. The van der Waals surface area contributed by atoms with Gasteiger partial charge in [-0.15, -0.1) is 5.10 Å². The van der Waals surface area contributed by atoms with E-state index in [1.165, 1.54) is 10.9 Å². The van der Waals surface area contributed by atoms with E-state index in [9.17, 15) is 4.79 Å². The average molecular weight is 434 g/mol. The molecule has 0 bridgehead atoms. The molecule has 3 aromatic carbocycles. The molecule has 0 saturated carbocycles. The lowest BCUT2D eigenvalue weighted by Gasteiger charge is -2.10. The topological polar surface area (TPSA) is 83.0 Å². The van der Waals surface area contributed by atoms with Gasteiger partial charge < -0.3 is 9.15 Å². The predicted molar refractivity (Wildman–Crippen MR) is 124 cm³/mol. The predicted octanol–water partition coefficient (Wildman–Crippen LogP) is 5.20. The zero-order valence-corrected chi connectivity index (χ0v) is 17.4. The fourth-order valence-electron chi connectivity index (χ4n) is 3.34. The summed E-state index contributed by atoms with van der Waals surface area (Å²) in [7, 11) is 0. The first-order valence-corrected chi connectivity index (χ1v) is 10.2. The second-order valence-corrected chi connectivity index (χ2v) is 7.11. The van der Waals surface area contributed by atoms with E-state index in [0.717, 1.165) is 16.7 Å². The minimum Gasteiger partial charge on any atom is -0.465 e. The van der Waals surface area contributed by atoms with Crippen LogP contribution in [0, 0.1) is 0 Å². The van der Waals surface area contributed by atoms with Gasteiger partial charge >= 0.3 is 5.97 Å². The number of furan rings is 1. The highest BCUT2D eigenvalue weighted by Gasteiger charge is 2.21. The van der Waals surface area contributed by atoms with Gasteiger partial charge in [-0.25, -0.2) is 4.79 Å². The molecule has 0 unspecified atom stereocenters. The van der Waals surface area contributed by atoms with Crippen molar-refractivity contribution in [1.82, 2.24) is 20.2 Å². The molecule has 0 N–H and O–H groups in total. The van der Waals surface area contributed by atoms with E-state index in [1.807, 2.05) is 72.8 Å². The Balaban J connectivity index is 1.46. The van der Waals surface area contributed by atoms with E-state index in [0.29, 0.717) is 17.3 Å². The number of nitrogens with zero attached hydrogens (tertiary/aromatic N) is 4. The van der Waals surface area contributed by atoms with Crippen LogP contribution in [0.1, 0.15) is 5.76 Å². The zero-order valence-electron chi connectivity index (χ0n) is 17.4. The number of carbonyl (C=O) groups excluding carboxylic acids is 1. The Bertz CT molecular complexity index is 1370. The number of hydrogen-bond donors (Lipinski definition) is 0. The quantitative estimate of drug-likeness (QED) is 0.207. The van der Waals surface area contributed by atoms with Crippen LogP contribution in [0.5, 0.6) is 5.75 Å². The van der Waals surface area contributed by atoms with Gasteiger partial charge in [-0.2, -0.15) is 4.68 Å². The van der Waals surface area contributed by atoms with Gasteiger partial charge in [-0.05, 0) is 45.8 Å². The Kier molecular flexibility index (Phi) is 5.59. The number of rotatable bonds is 6. The average Bonchev–Trinajstić information content (AvgIpc) is 3.56. The minimum atomic E-state index is -0.622. The lowest BCUT2D eigenvalue weighted by Crippen LogP contribution is -2.17. The summed E-state index contributed by atoms with van der Waals surface area (Å²) in [6.07, 6.45) is 3.07. The molecule has 33 heavy (non-hydrogen) atoms. The first-order chi connectivity index (χ1) is 16.3. The van der Waals surface area contributed by atoms with Gasteiger partial charge in [0.15, 0.2) is 11.5 Å². The first kappa shape index (κ1) is 20.1. The van der Waals surface area contributed by atoms with Gasteiger partial charge in [0.1, 0.15) is 11.5 Å². The van der Waals surface area contributed by atoms with E-state index in [1.54, 1.807) is 30.3 Å². The number of ether oxygens (including phenoxy) is 1. The van der Waals surface area contributed by atoms with Gasteiger partial charge in [0.05, 0.1) is 6.26 Å². The fourth-order valence-corrected chi connectivity index (χ4v) is 3.34. The molecule has 0 aliphatic rings. The Morgan fingerprint density at radius 3 is 2.12 bits per heavy atom. The van der Waals surface area contributed by atoms with Crippen LogP contribution < -0.4 is 4.74 Å². The molecule has 0 saturated heterocycles. The molecule has 0 radical (unpaired) electrons. The second-order valence-electron chi connectivity index (χ2n) is 7.11. The van der Waals surface area contributed by atoms with Gasteiger partial charge in [0.2, 0.25) is 0 Å². The first-order valence-electron chi connectivity index (χ1n) is 10.2. The van der Waals surface area contributed by atoms with Crippen molar-refractivity contribution in [1.29, 1.82) is 0 Å².